The van der Waals surface area contributed by atoms with Crippen LogP contribution in [0.25, 0.3) is 0 Å². The zero-order valence-electron chi connectivity index (χ0n) is 13.1. The van der Waals surface area contributed by atoms with Crippen molar-refractivity contribution >= 4 is 11.8 Å². The van der Waals surface area contributed by atoms with Gasteiger partial charge in [-0.2, -0.15) is 0 Å². The highest BCUT2D eigenvalue weighted by Crippen LogP contribution is 2.10. The van der Waals surface area contributed by atoms with Crippen LogP contribution in [0.4, 0.5) is 0 Å². The molecular weight excluding hydrogens is 276 g/mol. The molecule has 0 fully saturated rings. The lowest BCUT2D eigenvalue weighted by Crippen LogP contribution is -2.41. The minimum absolute atomic E-state index is 0.320. The summed E-state index contributed by atoms with van der Waals surface area (Å²) in [4.78, 5) is 24.1. The van der Waals surface area contributed by atoms with E-state index in [-0.39, 0.29) is 11.8 Å². The Hall–Kier alpha value is -2.62. The number of benzene rings is 2. The number of amides is 2. The molecule has 2 aromatic carbocycles. The first kappa shape index (κ1) is 15.8. The molecule has 0 atom stereocenters. The monoisotopic (exact) mass is 296 g/mol. The van der Waals surface area contributed by atoms with E-state index < -0.39 is 0 Å². The van der Waals surface area contributed by atoms with E-state index in [0.29, 0.717) is 11.1 Å². The molecule has 0 saturated heterocycles. The van der Waals surface area contributed by atoms with Crippen molar-refractivity contribution in [3.8, 4) is 0 Å². The van der Waals surface area contributed by atoms with Gasteiger partial charge in [0.15, 0.2) is 0 Å². The molecule has 0 radical (unpaired) electrons. The van der Waals surface area contributed by atoms with Crippen LogP contribution in [-0.2, 0) is 6.42 Å². The average molecular weight is 296 g/mol. The van der Waals surface area contributed by atoms with Crippen LogP contribution in [0.15, 0.2) is 42.5 Å². The normalized spacial score (nSPS) is 10.1. The van der Waals surface area contributed by atoms with E-state index >= 15 is 0 Å². The van der Waals surface area contributed by atoms with Gasteiger partial charge in [-0.3, -0.25) is 20.4 Å². The smallest absolute Gasteiger partial charge is 0.267 e. The SMILES string of the molecule is CCc1ccc(C(=O)NNC(=O)c2cc(C)ccc2C)cc1. The molecule has 0 aliphatic rings. The highest BCUT2D eigenvalue weighted by atomic mass is 16.2. The zero-order valence-corrected chi connectivity index (χ0v) is 13.1. The lowest BCUT2D eigenvalue weighted by atomic mass is 10.1. The van der Waals surface area contributed by atoms with Gasteiger partial charge in [-0.25, -0.2) is 0 Å². The summed E-state index contributed by atoms with van der Waals surface area (Å²) >= 11 is 0. The molecule has 22 heavy (non-hydrogen) atoms. The molecule has 2 aromatic rings. The quantitative estimate of drug-likeness (QED) is 0.856. The Morgan fingerprint density at radius 2 is 1.55 bits per heavy atom. The molecule has 2 amide bonds. The predicted octanol–water partition coefficient (Wildman–Crippen LogP) is 2.94. The average Bonchev–Trinajstić information content (AvgIpc) is 2.54. The van der Waals surface area contributed by atoms with E-state index in [1.165, 1.54) is 0 Å². The maximum atomic E-state index is 12.1. The molecule has 2 N–H and O–H groups in total. The Morgan fingerprint density at radius 3 is 2.18 bits per heavy atom. The minimum atomic E-state index is -0.332. The first-order valence-electron chi connectivity index (χ1n) is 7.28. The highest BCUT2D eigenvalue weighted by Gasteiger charge is 2.11. The van der Waals surface area contributed by atoms with Gasteiger partial charge in [-0.15, -0.1) is 0 Å². The summed E-state index contributed by atoms with van der Waals surface area (Å²) in [7, 11) is 0. The van der Waals surface area contributed by atoms with E-state index in [9.17, 15) is 9.59 Å². The first-order chi connectivity index (χ1) is 10.5. The van der Waals surface area contributed by atoms with Crippen molar-refractivity contribution in [2.45, 2.75) is 27.2 Å². The largest absolute Gasteiger partial charge is 0.269 e. The fraction of sp³-hybridized carbons (Fsp3) is 0.222. The summed E-state index contributed by atoms with van der Waals surface area (Å²) in [5.74, 6) is -0.652. The Balaban J connectivity index is 2.00. The Kier molecular flexibility index (Phi) is 4.94. The van der Waals surface area contributed by atoms with Gasteiger partial charge < -0.3 is 0 Å². The van der Waals surface area contributed by atoms with Gasteiger partial charge >= 0.3 is 0 Å². The number of hydrogen-bond acceptors (Lipinski definition) is 2. The lowest BCUT2D eigenvalue weighted by Gasteiger charge is -2.10. The summed E-state index contributed by atoms with van der Waals surface area (Å²) in [6.45, 7) is 5.84. The van der Waals surface area contributed by atoms with Crippen molar-refractivity contribution < 1.29 is 9.59 Å². The fourth-order valence-corrected chi connectivity index (χ4v) is 2.13. The third-order valence-electron chi connectivity index (χ3n) is 3.55. The first-order valence-corrected chi connectivity index (χ1v) is 7.28. The van der Waals surface area contributed by atoms with Crippen LogP contribution >= 0.6 is 0 Å². The van der Waals surface area contributed by atoms with Crippen molar-refractivity contribution in [1.82, 2.24) is 10.9 Å². The van der Waals surface area contributed by atoms with Gasteiger partial charge in [-0.05, 0) is 49.6 Å². The summed E-state index contributed by atoms with van der Waals surface area (Å²) in [5.41, 5.74) is 8.99. The lowest BCUT2D eigenvalue weighted by molar-refractivity contribution is 0.0846. The number of nitrogens with one attached hydrogen (secondary N) is 2. The molecule has 0 bridgehead atoms. The standard InChI is InChI=1S/C18H20N2O2/c1-4-14-7-9-15(10-8-14)17(21)19-20-18(22)16-11-12(2)5-6-13(16)3/h5-11H,4H2,1-3H3,(H,19,21)(H,20,22). The summed E-state index contributed by atoms with van der Waals surface area (Å²) in [6.07, 6.45) is 0.922. The number of carbonyl (C=O) groups is 2. The van der Waals surface area contributed by atoms with Crippen LogP contribution in [0.1, 0.15) is 44.3 Å². The van der Waals surface area contributed by atoms with Crippen molar-refractivity contribution in [2.24, 2.45) is 0 Å². The number of rotatable bonds is 3. The predicted molar refractivity (Wildman–Crippen MR) is 86.7 cm³/mol. The summed E-state index contributed by atoms with van der Waals surface area (Å²) in [5, 5.41) is 0. The topological polar surface area (TPSA) is 58.2 Å². The molecule has 0 aromatic heterocycles. The fourth-order valence-electron chi connectivity index (χ4n) is 2.13. The molecule has 0 heterocycles. The van der Waals surface area contributed by atoms with E-state index in [4.69, 9.17) is 0 Å². The van der Waals surface area contributed by atoms with E-state index in [2.05, 4.69) is 17.8 Å². The second-order valence-electron chi connectivity index (χ2n) is 5.28. The second-order valence-corrected chi connectivity index (χ2v) is 5.28. The Labute approximate surface area is 130 Å². The third kappa shape index (κ3) is 3.73. The second kappa shape index (κ2) is 6.89. The summed E-state index contributed by atoms with van der Waals surface area (Å²) in [6, 6.07) is 12.9. The molecular formula is C18H20N2O2. The molecule has 4 heteroatoms. The maximum Gasteiger partial charge on any atom is 0.269 e. The number of hydrogen-bond donors (Lipinski definition) is 2. The maximum absolute atomic E-state index is 12.1. The van der Waals surface area contributed by atoms with Crippen molar-refractivity contribution in [1.29, 1.82) is 0 Å². The highest BCUT2D eigenvalue weighted by molar-refractivity contribution is 5.99. The zero-order chi connectivity index (χ0) is 16.1. The van der Waals surface area contributed by atoms with Crippen LogP contribution in [0, 0.1) is 13.8 Å². The van der Waals surface area contributed by atoms with Crippen LogP contribution in [0.5, 0.6) is 0 Å². The molecule has 0 saturated carbocycles. The van der Waals surface area contributed by atoms with Crippen LogP contribution in [-0.4, -0.2) is 11.8 Å². The molecule has 0 aliphatic carbocycles. The molecule has 114 valence electrons. The van der Waals surface area contributed by atoms with Crippen LogP contribution in [0.2, 0.25) is 0 Å². The van der Waals surface area contributed by atoms with E-state index in [1.54, 1.807) is 18.2 Å². The number of aryl methyl sites for hydroxylation is 3. The van der Waals surface area contributed by atoms with Gasteiger partial charge in [0.1, 0.15) is 0 Å². The molecule has 0 aliphatic heterocycles. The van der Waals surface area contributed by atoms with Gasteiger partial charge in [0.2, 0.25) is 0 Å². The van der Waals surface area contributed by atoms with Gasteiger partial charge in [0.05, 0.1) is 0 Å². The molecule has 4 nitrogen and oxygen atoms in total. The molecule has 0 spiro atoms. The third-order valence-corrected chi connectivity index (χ3v) is 3.55. The van der Waals surface area contributed by atoms with Gasteiger partial charge in [0.25, 0.3) is 11.8 Å². The van der Waals surface area contributed by atoms with Crippen molar-refractivity contribution in [3.05, 3.63) is 70.3 Å². The van der Waals surface area contributed by atoms with Crippen LogP contribution in [0.3, 0.4) is 0 Å². The minimum Gasteiger partial charge on any atom is -0.267 e. The summed E-state index contributed by atoms with van der Waals surface area (Å²) < 4.78 is 0. The van der Waals surface area contributed by atoms with E-state index in [1.807, 2.05) is 38.1 Å². The number of carbonyl (C=O) groups excluding carboxylic acids is 2. The molecule has 2 rings (SSSR count). The van der Waals surface area contributed by atoms with Crippen molar-refractivity contribution in [2.75, 3.05) is 0 Å². The Bertz CT molecular complexity index is 691. The van der Waals surface area contributed by atoms with Gasteiger partial charge in [-0.1, -0.05) is 36.8 Å². The molecule has 0 unspecified atom stereocenters. The Morgan fingerprint density at radius 1 is 0.909 bits per heavy atom. The van der Waals surface area contributed by atoms with E-state index in [0.717, 1.165) is 23.1 Å². The van der Waals surface area contributed by atoms with Gasteiger partial charge in [0, 0.05) is 11.1 Å². The number of hydrazine groups is 1. The van der Waals surface area contributed by atoms with Crippen molar-refractivity contribution in [3.63, 3.8) is 0 Å². The van der Waals surface area contributed by atoms with Crippen LogP contribution < -0.4 is 10.9 Å².